The van der Waals surface area contributed by atoms with E-state index in [0.717, 1.165) is 23.7 Å². The number of nitrogens with zero attached hydrogens (tertiary/aromatic N) is 5. The minimum absolute atomic E-state index is 0.0886. The second kappa shape index (κ2) is 9.66. The Hall–Kier alpha value is -4.09. The van der Waals surface area contributed by atoms with Crippen LogP contribution in [-0.2, 0) is 36.5 Å². The summed E-state index contributed by atoms with van der Waals surface area (Å²) < 4.78 is 61.1. The average molecular weight is 529 g/mol. The minimum atomic E-state index is -4.46. The van der Waals surface area contributed by atoms with Gasteiger partial charge in [-0.3, -0.25) is 9.48 Å². The van der Waals surface area contributed by atoms with Gasteiger partial charge in [0, 0.05) is 49.3 Å². The third kappa shape index (κ3) is 5.02. The smallest absolute Gasteiger partial charge is 0.358 e. The van der Waals surface area contributed by atoms with Crippen LogP contribution in [0.15, 0.2) is 47.4 Å². The van der Waals surface area contributed by atoms with E-state index >= 15 is 0 Å². The molecule has 0 aliphatic heterocycles. The maximum absolute atomic E-state index is 14.8. The fraction of sp³-hybridized carbons (Fsp3) is 0.346. The lowest BCUT2D eigenvalue weighted by Crippen LogP contribution is -2.28. The predicted molar refractivity (Wildman–Crippen MR) is 129 cm³/mol. The van der Waals surface area contributed by atoms with Gasteiger partial charge < -0.3 is 9.84 Å². The number of alkyl halides is 3. The lowest BCUT2D eigenvalue weighted by atomic mass is 10.0. The summed E-state index contributed by atoms with van der Waals surface area (Å²) in [6.07, 6.45) is 1.53. The van der Waals surface area contributed by atoms with Gasteiger partial charge in [0.25, 0.3) is 0 Å². The number of nitrogens with one attached hydrogen (secondary N) is 1. The van der Waals surface area contributed by atoms with E-state index in [9.17, 15) is 22.4 Å². The van der Waals surface area contributed by atoms with E-state index in [1.165, 1.54) is 12.1 Å². The van der Waals surface area contributed by atoms with Crippen LogP contribution in [0.25, 0.3) is 11.1 Å². The first-order chi connectivity index (χ1) is 18.1. The van der Waals surface area contributed by atoms with Crippen molar-refractivity contribution in [2.45, 2.75) is 50.6 Å². The molecule has 1 saturated carbocycles. The number of halogens is 4. The number of hydrogen-bond donors (Lipinski definition) is 1. The van der Waals surface area contributed by atoms with Crippen LogP contribution >= 0.6 is 0 Å². The molecule has 3 heterocycles. The largest absolute Gasteiger partial charge is 0.401 e. The summed E-state index contributed by atoms with van der Waals surface area (Å²) in [5.41, 5.74) is 1.26. The van der Waals surface area contributed by atoms with Crippen LogP contribution in [0.2, 0.25) is 0 Å². The number of benzene rings is 1. The highest BCUT2D eigenvalue weighted by Crippen LogP contribution is 2.59. The topological polar surface area (TPSA) is 98.7 Å². The minimum Gasteiger partial charge on any atom is -0.358 e. The zero-order valence-corrected chi connectivity index (χ0v) is 20.6. The molecule has 12 heteroatoms. The zero-order chi connectivity index (χ0) is 27.1. The fourth-order valence-electron chi connectivity index (χ4n) is 4.38. The molecule has 0 unspecified atom stereocenters. The van der Waals surface area contributed by atoms with E-state index in [-0.39, 0.29) is 36.4 Å². The number of amides is 1. The van der Waals surface area contributed by atoms with Gasteiger partial charge >= 0.3 is 6.18 Å². The van der Waals surface area contributed by atoms with Crippen molar-refractivity contribution in [2.24, 2.45) is 7.05 Å². The number of carbonyl (C=O) groups is 1. The zero-order valence-electron chi connectivity index (χ0n) is 20.6. The highest BCUT2D eigenvalue weighted by atomic mass is 19.4. The molecular weight excluding hydrogens is 504 g/mol. The van der Waals surface area contributed by atoms with E-state index in [1.54, 1.807) is 23.1 Å². The van der Waals surface area contributed by atoms with Crippen LogP contribution < -0.4 is 5.32 Å². The molecule has 3 aromatic heterocycles. The molecule has 5 rings (SSSR count). The molecule has 0 atom stereocenters. The highest BCUT2D eigenvalue weighted by molar-refractivity contribution is 5.91. The average Bonchev–Trinajstić information content (AvgIpc) is 3.45. The third-order valence-corrected chi connectivity index (χ3v) is 6.66. The Balaban J connectivity index is 1.22. The van der Waals surface area contributed by atoms with Crippen molar-refractivity contribution in [1.82, 2.24) is 24.9 Å². The van der Waals surface area contributed by atoms with Crippen LogP contribution in [0, 0.1) is 5.82 Å². The molecule has 198 valence electrons. The number of rotatable bonds is 8. The summed E-state index contributed by atoms with van der Waals surface area (Å²) in [5, 5.41) is 10.3. The van der Waals surface area contributed by atoms with Crippen molar-refractivity contribution in [1.29, 1.82) is 0 Å². The Morgan fingerprint density at radius 1 is 1.13 bits per heavy atom. The van der Waals surface area contributed by atoms with E-state index in [4.69, 9.17) is 4.52 Å². The van der Waals surface area contributed by atoms with Crippen molar-refractivity contribution >= 4 is 11.7 Å². The standard InChI is InChI=1S/C26H24F4N6O2/c1-3-20-17(14-36(2)34-20)9-22-31-12-18(13-32-22)15-4-5-16(19(27)8-15)10-24(37)33-23-11-21(38-35-23)25(6-7-25)26(28,29)30/h4-5,8,11-14H,3,6-7,9-10H2,1-2H3,(H,33,35,37). The van der Waals surface area contributed by atoms with Gasteiger partial charge in [0.05, 0.1) is 12.1 Å². The summed E-state index contributed by atoms with van der Waals surface area (Å²) in [7, 11) is 1.86. The van der Waals surface area contributed by atoms with Gasteiger partial charge in [0.1, 0.15) is 17.1 Å². The van der Waals surface area contributed by atoms with E-state index in [1.807, 2.05) is 20.2 Å². The van der Waals surface area contributed by atoms with Gasteiger partial charge in [0.2, 0.25) is 5.91 Å². The fourth-order valence-corrected chi connectivity index (χ4v) is 4.38. The van der Waals surface area contributed by atoms with Gasteiger partial charge in [-0.1, -0.05) is 24.2 Å². The van der Waals surface area contributed by atoms with Crippen molar-refractivity contribution < 1.29 is 26.9 Å². The molecule has 1 N–H and O–H groups in total. The monoisotopic (exact) mass is 528 g/mol. The SMILES string of the molecule is CCc1nn(C)cc1Cc1ncc(-c2ccc(CC(=O)Nc3cc(C4(C(F)(F)F)CC4)on3)c(F)c2)cn1. The lowest BCUT2D eigenvalue weighted by Gasteiger charge is -2.14. The summed E-state index contributed by atoms with van der Waals surface area (Å²) in [6.45, 7) is 2.03. The van der Waals surface area contributed by atoms with Gasteiger partial charge in [-0.25, -0.2) is 14.4 Å². The highest BCUT2D eigenvalue weighted by Gasteiger charge is 2.66. The maximum atomic E-state index is 14.8. The first-order valence-electron chi connectivity index (χ1n) is 12.0. The number of aromatic nitrogens is 5. The molecule has 8 nitrogen and oxygen atoms in total. The molecular formula is C26H24F4N6O2. The van der Waals surface area contributed by atoms with Crippen LogP contribution in [0.4, 0.5) is 23.4 Å². The van der Waals surface area contributed by atoms with Crippen molar-refractivity contribution in [3.05, 3.63) is 77.1 Å². The predicted octanol–water partition coefficient (Wildman–Crippen LogP) is 4.93. The van der Waals surface area contributed by atoms with Crippen molar-refractivity contribution in [3.63, 3.8) is 0 Å². The van der Waals surface area contributed by atoms with Gasteiger partial charge in [-0.15, -0.1) is 0 Å². The molecule has 4 aromatic rings. The number of aryl methyl sites for hydroxylation is 2. The van der Waals surface area contributed by atoms with Gasteiger partial charge in [0.15, 0.2) is 11.6 Å². The summed E-state index contributed by atoms with van der Waals surface area (Å²) >= 11 is 0. The maximum Gasteiger partial charge on any atom is 0.401 e. The van der Waals surface area contributed by atoms with E-state index < -0.39 is 23.3 Å². The Morgan fingerprint density at radius 2 is 1.87 bits per heavy atom. The molecule has 1 amide bonds. The number of anilines is 1. The van der Waals surface area contributed by atoms with Crippen LogP contribution in [0.5, 0.6) is 0 Å². The second-order valence-corrected chi connectivity index (χ2v) is 9.38. The quantitative estimate of drug-likeness (QED) is 0.326. The Morgan fingerprint density at radius 3 is 2.50 bits per heavy atom. The van der Waals surface area contributed by atoms with Crippen LogP contribution in [0.1, 0.15) is 48.2 Å². The van der Waals surface area contributed by atoms with Crippen molar-refractivity contribution in [2.75, 3.05) is 5.32 Å². The molecule has 38 heavy (non-hydrogen) atoms. The number of carbonyl (C=O) groups excluding carboxylic acids is 1. The normalized spacial score (nSPS) is 14.5. The van der Waals surface area contributed by atoms with E-state index in [2.05, 4.69) is 25.5 Å². The Labute approximate surface area is 215 Å². The molecule has 0 radical (unpaired) electrons. The summed E-state index contributed by atoms with van der Waals surface area (Å²) in [5.74, 6) is -1.12. The molecule has 1 fully saturated rings. The van der Waals surface area contributed by atoms with Crippen LogP contribution in [-0.4, -0.2) is 37.0 Å². The molecule has 1 aliphatic carbocycles. The molecule has 1 aromatic carbocycles. The first kappa shape index (κ1) is 25.6. The van der Waals surface area contributed by atoms with Crippen LogP contribution in [0.3, 0.4) is 0 Å². The van der Waals surface area contributed by atoms with Gasteiger partial charge in [-0.05, 0) is 36.5 Å². The summed E-state index contributed by atoms with van der Waals surface area (Å²) in [6, 6.07) is 5.47. The third-order valence-electron chi connectivity index (χ3n) is 6.66. The lowest BCUT2D eigenvalue weighted by molar-refractivity contribution is -0.165. The molecule has 0 saturated heterocycles. The summed E-state index contributed by atoms with van der Waals surface area (Å²) in [4.78, 5) is 21.2. The van der Waals surface area contributed by atoms with Gasteiger partial charge in [-0.2, -0.15) is 18.3 Å². The van der Waals surface area contributed by atoms with Crippen molar-refractivity contribution in [3.8, 4) is 11.1 Å². The first-order valence-corrected chi connectivity index (χ1v) is 12.0. The number of hydrogen-bond acceptors (Lipinski definition) is 6. The molecule has 1 aliphatic rings. The van der Waals surface area contributed by atoms with E-state index in [0.29, 0.717) is 23.4 Å². The Kier molecular flexibility index (Phi) is 6.49. The second-order valence-electron chi connectivity index (χ2n) is 9.38. The Bertz CT molecular complexity index is 1470. The molecule has 0 spiro atoms. The molecule has 0 bridgehead atoms.